The van der Waals surface area contributed by atoms with Crippen molar-refractivity contribution in [2.75, 3.05) is 46.9 Å². The van der Waals surface area contributed by atoms with Gasteiger partial charge in [0.05, 0.1) is 12.2 Å². The number of nitrogens with zero attached hydrogens (tertiary/aromatic N) is 3. The van der Waals surface area contributed by atoms with E-state index in [1.54, 1.807) is 0 Å². The molecule has 2 rings (SSSR count). The van der Waals surface area contributed by atoms with Crippen molar-refractivity contribution in [2.45, 2.75) is 26.8 Å². The summed E-state index contributed by atoms with van der Waals surface area (Å²) in [7, 11) is 4.33. The average Bonchev–Trinajstić information content (AvgIpc) is 2.38. The summed E-state index contributed by atoms with van der Waals surface area (Å²) in [5, 5.41) is 0. The monoisotopic (exact) mass is 265 g/mol. The molecule has 0 aromatic carbocycles. The van der Waals surface area contributed by atoms with Crippen LogP contribution in [0.2, 0.25) is 0 Å². The van der Waals surface area contributed by atoms with Crippen LogP contribution in [-0.2, 0) is 4.74 Å². The first-order chi connectivity index (χ1) is 8.99. The van der Waals surface area contributed by atoms with Crippen LogP contribution in [0, 0.1) is 0 Å². The highest BCUT2D eigenvalue weighted by molar-refractivity contribution is 5.23. The predicted molar refractivity (Wildman–Crippen MR) is 78.7 cm³/mol. The van der Waals surface area contributed by atoms with Gasteiger partial charge in [-0.2, -0.15) is 0 Å². The van der Waals surface area contributed by atoms with Gasteiger partial charge in [0.2, 0.25) is 0 Å². The second-order valence-electron chi connectivity index (χ2n) is 5.78. The summed E-state index contributed by atoms with van der Waals surface area (Å²) in [4.78, 5) is 7.14. The lowest BCUT2D eigenvalue weighted by molar-refractivity contribution is 0.127. The van der Waals surface area contributed by atoms with Crippen LogP contribution < -0.4 is 0 Å². The minimum absolute atomic E-state index is 0.613. The molecule has 2 heterocycles. The Balaban J connectivity index is 2.08. The largest absolute Gasteiger partial charge is 0.490 e. The Morgan fingerprint density at radius 2 is 2.00 bits per heavy atom. The fourth-order valence-corrected chi connectivity index (χ4v) is 2.55. The molecule has 0 saturated carbocycles. The van der Waals surface area contributed by atoms with E-state index >= 15 is 0 Å². The summed E-state index contributed by atoms with van der Waals surface area (Å²) in [6.07, 6.45) is 2.20. The summed E-state index contributed by atoms with van der Waals surface area (Å²) < 4.78 is 5.79. The van der Waals surface area contributed by atoms with Crippen molar-refractivity contribution in [3.63, 3.8) is 0 Å². The molecule has 0 radical (unpaired) electrons. The normalized spacial score (nSPS) is 26.8. The van der Waals surface area contributed by atoms with Crippen LogP contribution in [0.15, 0.2) is 23.2 Å². The molecule has 1 saturated heterocycles. The number of piperazine rings is 1. The van der Waals surface area contributed by atoms with E-state index in [1.807, 2.05) is 0 Å². The highest BCUT2D eigenvalue weighted by atomic mass is 16.5. The molecule has 1 atom stereocenters. The molecule has 2 aliphatic rings. The Kier molecular flexibility index (Phi) is 4.40. The molecular formula is C15H27N3O. The SMILES string of the molecule is CC1=C(/C=C(\C)N2CCN(C)C(C)C2)OCCN1C. The molecule has 19 heavy (non-hydrogen) atoms. The number of hydrogen-bond donors (Lipinski definition) is 0. The summed E-state index contributed by atoms with van der Waals surface area (Å²) in [5.41, 5.74) is 2.54. The molecule has 2 aliphatic heterocycles. The van der Waals surface area contributed by atoms with E-state index in [0.717, 1.165) is 38.5 Å². The molecule has 108 valence electrons. The number of rotatable bonds is 2. The summed E-state index contributed by atoms with van der Waals surface area (Å²) in [6, 6.07) is 0.613. The van der Waals surface area contributed by atoms with Crippen molar-refractivity contribution < 1.29 is 4.74 Å². The van der Waals surface area contributed by atoms with Gasteiger partial charge in [-0.1, -0.05) is 0 Å². The third kappa shape index (κ3) is 3.24. The summed E-state index contributed by atoms with van der Waals surface area (Å²) in [6.45, 7) is 11.7. The number of ether oxygens (including phenoxy) is 1. The van der Waals surface area contributed by atoms with Crippen molar-refractivity contribution in [1.82, 2.24) is 14.7 Å². The van der Waals surface area contributed by atoms with Crippen LogP contribution in [-0.4, -0.2) is 67.6 Å². The highest BCUT2D eigenvalue weighted by Crippen LogP contribution is 2.20. The molecule has 0 aliphatic carbocycles. The van der Waals surface area contributed by atoms with E-state index < -0.39 is 0 Å². The van der Waals surface area contributed by atoms with Gasteiger partial charge in [0.15, 0.2) is 0 Å². The lowest BCUT2D eigenvalue weighted by Crippen LogP contribution is -2.49. The topological polar surface area (TPSA) is 19.0 Å². The van der Waals surface area contributed by atoms with Crippen molar-refractivity contribution in [3.8, 4) is 0 Å². The van der Waals surface area contributed by atoms with Gasteiger partial charge in [0, 0.05) is 44.5 Å². The lowest BCUT2D eigenvalue weighted by Gasteiger charge is -2.39. The van der Waals surface area contributed by atoms with E-state index in [9.17, 15) is 0 Å². The van der Waals surface area contributed by atoms with Crippen LogP contribution in [0.4, 0.5) is 0 Å². The zero-order valence-corrected chi connectivity index (χ0v) is 12.9. The van der Waals surface area contributed by atoms with Gasteiger partial charge in [-0.05, 0) is 27.8 Å². The molecule has 4 heteroatoms. The standard InChI is InChI=1S/C15H27N3O/c1-12(18-7-6-16(4)13(2)11-18)10-15-14(3)17(5)8-9-19-15/h10,13H,6-9,11H2,1-5H3/b12-10+. The second kappa shape index (κ2) is 5.87. The molecule has 0 bridgehead atoms. The maximum Gasteiger partial charge on any atom is 0.139 e. The minimum Gasteiger partial charge on any atom is -0.490 e. The fourth-order valence-electron chi connectivity index (χ4n) is 2.55. The first-order valence-electron chi connectivity index (χ1n) is 7.17. The Hall–Kier alpha value is -1.16. The van der Waals surface area contributed by atoms with Gasteiger partial charge >= 0.3 is 0 Å². The quantitative estimate of drug-likeness (QED) is 0.756. The van der Waals surface area contributed by atoms with Crippen LogP contribution in [0.1, 0.15) is 20.8 Å². The molecule has 0 spiro atoms. The first-order valence-corrected chi connectivity index (χ1v) is 7.17. The Morgan fingerprint density at radius 3 is 2.68 bits per heavy atom. The number of allylic oxidation sites excluding steroid dienone is 3. The zero-order chi connectivity index (χ0) is 14.0. The van der Waals surface area contributed by atoms with Gasteiger partial charge < -0.3 is 19.4 Å². The van der Waals surface area contributed by atoms with Gasteiger partial charge in [-0.25, -0.2) is 0 Å². The first kappa shape index (κ1) is 14.3. The fraction of sp³-hybridized carbons (Fsp3) is 0.733. The minimum atomic E-state index is 0.613. The second-order valence-corrected chi connectivity index (χ2v) is 5.78. The molecule has 0 amide bonds. The summed E-state index contributed by atoms with van der Waals surface area (Å²) >= 11 is 0. The van der Waals surface area contributed by atoms with E-state index in [0.29, 0.717) is 6.04 Å². The van der Waals surface area contributed by atoms with E-state index in [1.165, 1.54) is 11.4 Å². The molecular weight excluding hydrogens is 238 g/mol. The van der Waals surface area contributed by atoms with E-state index in [2.05, 4.69) is 55.6 Å². The van der Waals surface area contributed by atoms with E-state index in [-0.39, 0.29) is 0 Å². The molecule has 0 N–H and O–H groups in total. The molecule has 1 fully saturated rings. The number of likely N-dealkylation sites (N-methyl/N-ethyl adjacent to an activating group) is 2. The smallest absolute Gasteiger partial charge is 0.139 e. The van der Waals surface area contributed by atoms with Gasteiger partial charge in [0.1, 0.15) is 12.4 Å². The predicted octanol–water partition coefficient (Wildman–Crippen LogP) is 1.72. The Morgan fingerprint density at radius 1 is 1.26 bits per heavy atom. The average molecular weight is 265 g/mol. The zero-order valence-electron chi connectivity index (χ0n) is 12.9. The van der Waals surface area contributed by atoms with E-state index in [4.69, 9.17) is 4.74 Å². The lowest BCUT2D eigenvalue weighted by atomic mass is 10.2. The van der Waals surface area contributed by atoms with Crippen molar-refractivity contribution in [3.05, 3.63) is 23.2 Å². The number of hydrogen-bond acceptors (Lipinski definition) is 4. The summed E-state index contributed by atoms with van der Waals surface area (Å²) in [5.74, 6) is 1.03. The Bertz CT molecular complexity index is 389. The van der Waals surface area contributed by atoms with Crippen LogP contribution in [0.25, 0.3) is 0 Å². The van der Waals surface area contributed by atoms with Crippen molar-refractivity contribution >= 4 is 0 Å². The van der Waals surface area contributed by atoms with Gasteiger partial charge in [-0.3, -0.25) is 0 Å². The van der Waals surface area contributed by atoms with Crippen LogP contribution in [0.5, 0.6) is 0 Å². The van der Waals surface area contributed by atoms with Crippen molar-refractivity contribution in [1.29, 1.82) is 0 Å². The van der Waals surface area contributed by atoms with Crippen LogP contribution in [0.3, 0.4) is 0 Å². The van der Waals surface area contributed by atoms with Gasteiger partial charge in [-0.15, -0.1) is 0 Å². The molecule has 0 aromatic rings. The van der Waals surface area contributed by atoms with Crippen molar-refractivity contribution in [2.24, 2.45) is 0 Å². The molecule has 1 unspecified atom stereocenters. The highest BCUT2D eigenvalue weighted by Gasteiger charge is 2.21. The Labute approximate surface area is 117 Å². The maximum absolute atomic E-state index is 5.79. The molecule has 0 aromatic heterocycles. The third-order valence-electron chi connectivity index (χ3n) is 4.41. The van der Waals surface area contributed by atoms with Crippen LogP contribution >= 0.6 is 0 Å². The van der Waals surface area contributed by atoms with Gasteiger partial charge in [0.25, 0.3) is 0 Å². The third-order valence-corrected chi connectivity index (χ3v) is 4.41. The molecule has 4 nitrogen and oxygen atoms in total. The maximum atomic E-state index is 5.79.